The second-order valence-electron chi connectivity index (χ2n) is 5.61. The van der Waals surface area contributed by atoms with Gasteiger partial charge in [-0.05, 0) is 25.3 Å². The normalized spacial score (nSPS) is 28.5. The molecule has 2 rings (SSSR count). The van der Waals surface area contributed by atoms with Crippen LogP contribution in [-0.4, -0.2) is 42.4 Å². The summed E-state index contributed by atoms with van der Waals surface area (Å²) in [6.07, 6.45) is 4.30. The average molecular weight is 253 g/mol. The molecule has 2 aliphatic rings. The van der Waals surface area contributed by atoms with Crippen LogP contribution < -0.4 is 11.1 Å². The number of nitrogens with two attached hydrogens (primary N) is 1. The van der Waals surface area contributed by atoms with E-state index in [0.29, 0.717) is 5.92 Å². The first-order valence-electron chi connectivity index (χ1n) is 6.89. The summed E-state index contributed by atoms with van der Waals surface area (Å²) in [4.78, 5) is 25.5. The Morgan fingerprint density at radius 1 is 1.28 bits per heavy atom. The maximum absolute atomic E-state index is 12.6. The van der Waals surface area contributed by atoms with Gasteiger partial charge in [0.15, 0.2) is 0 Å². The number of nitrogens with one attached hydrogen (secondary N) is 1. The van der Waals surface area contributed by atoms with E-state index >= 15 is 0 Å². The number of carbonyl (C=O) groups excluding carboxylic acids is 2. The lowest BCUT2D eigenvalue weighted by Gasteiger charge is -2.31. The fourth-order valence-electron chi connectivity index (χ4n) is 3.12. The first-order valence-corrected chi connectivity index (χ1v) is 6.89. The summed E-state index contributed by atoms with van der Waals surface area (Å²) in [7, 11) is 0. The number of hydrogen-bond donors (Lipinski definition) is 2. The Balaban J connectivity index is 2.06. The number of rotatable bonds is 4. The van der Waals surface area contributed by atoms with E-state index in [4.69, 9.17) is 5.73 Å². The topological polar surface area (TPSA) is 75.4 Å². The van der Waals surface area contributed by atoms with Crippen molar-refractivity contribution in [2.24, 2.45) is 17.6 Å². The van der Waals surface area contributed by atoms with Crippen LogP contribution in [0.1, 0.15) is 32.6 Å². The zero-order valence-electron chi connectivity index (χ0n) is 11.0. The van der Waals surface area contributed by atoms with E-state index in [1.54, 1.807) is 4.90 Å². The molecule has 0 aromatic heterocycles. The van der Waals surface area contributed by atoms with Gasteiger partial charge >= 0.3 is 0 Å². The van der Waals surface area contributed by atoms with E-state index in [1.165, 1.54) is 0 Å². The van der Waals surface area contributed by atoms with Crippen molar-refractivity contribution in [1.29, 1.82) is 0 Å². The smallest absolute Gasteiger partial charge is 0.237 e. The molecule has 0 aromatic carbocycles. The van der Waals surface area contributed by atoms with Crippen LogP contribution in [0.25, 0.3) is 0 Å². The van der Waals surface area contributed by atoms with Gasteiger partial charge in [0, 0.05) is 12.6 Å². The molecule has 2 amide bonds. The van der Waals surface area contributed by atoms with E-state index in [1.807, 2.05) is 0 Å². The van der Waals surface area contributed by atoms with Gasteiger partial charge in [-0.2, -0.15) is 0 Å². The van der Waals surface area contributed by atoms with Gasteiger partial charge in [-0.1, -0.05) is 19.8 Å². The van der Waals surface area contributed by atoms with Crippen molar-refractivity contribution >= 4 is 11.8 Å². The Kier molecular flexibility index (Phi) is 4.22. The molecule has 1 aliphatic carbocycles. The Bertz CT molecular complexity index is 326. The van der Waals surface area contributed by atoms with Crippen LogP contribution in [0, 0.1) is 11.8 Å². The molecule has 0 aromatic rings. The first kappa shape index (κ1) is 13.3. The lowest BCUT2D eigenvalue weighted by atomic mass is 9.95. The zero-order valence-corrected chi connectivity index (χ0v) is 11.0. The number of amides is 2. The summed E-state index contributed by atoms with van der Waals surface area (Å²) in [6, 6.07) is 0.220. The van der Waals surface area contributed by atoms with Gasteiger partial charge in [-0.3, -0.25) is 9.59 Å². The third-order valence-electron chi connectivity index (χ3n) is 4.21. The molecule has 102 valence electrons. The molecular weight excluding hydrogens is 230 g/mol. The van der Waals surface area contributed by atoms with Gasteiger partial charge in [0.2, 0.25) is 11.8 Å². The molecule has 1 saturated heterocycles. The SMILES string of the molecule is C[C@@H]1CNC[C@H]1C(=O)N(CC(N)=O)C1CCCC1. The second-order valence-corrected chi connectivity index (χ2v) is 5.61. The summed E-state index contributed by atoms with van der Waals surface area (Å²) in [5, 5.41) is 3.24. The molecule has 1 heterocycles. The number of hydrogen-bond acceptors (Lipinski definition) is 3. The van der Waals surface area contributed by atoms with Gasteiger partial charge in [0.05, 0.1) is 12.5 Å². The molecule has 0 radical (unpaired) electrons. The molecule has 2 atom stereocenters. The lowest BCUT2D eigenvalue weighted by Crippen LogP contribution is -2.48. The summed E-state index contributed by atoms with van der Waals surface area (Å²) in [6.45, 7) is 3.76. The van der Waals surface area contributed by atoms with Gasteiger partial charge in [0.1, 0.15) is 0 Å². The van der Waals surface area contributed by atoms with Crippen molar-refractivity contribution in [1.82, 2.24) is 10.2 Å². The Labute approximate surface area is 108 Å². The molecule has 3 N–H and O–H groups in total. The third-order valence-corrected chi connectivity index (χ3v) is 4.21. The second kappa shape index (κ2) is 5.69. The standard InChI is InChI=1S/C13H23N3O2/c1-9-6-15-7-11(9)13(18)16(8-12(14)17)10-4-2-3-5-10/h9-11,15H,2-8H2,1H3,(H2,14,17)/t9-,11-/m1/s1. The molecule has 5 nitrogen and oxygen atoms in total. The number of primary amides is 1. The predicted octanol–water partition coefficient (Wildman–Crippen LogP) is 0.0984. The molecular formula is C13H23N3O2. The van der Waals surface area contributed by atoms with Crippen LogP contribution in [0.5, 0.6) is 0 Å². The first-order chi connectivity index (χ1) is 8.59. The minimum absolute atomic E-state index is 0.00458. The van der Waals surface area contributed by atoms with Crippen molar-refractivity contribution in [2.75, 3.05) is 19.6 Å². The summed E-state index contributed by atoms with van der Waals surface area (Å²) in [5.41, 5.74) is 5.28. The maximum Gasteiger partial charge on any atom is 0.237 e. The maximum atomic E-state index is 12.6. The van der Waals surface area contributed by atoms with E-state index in [9.17, 15) is 9.59 Å². The molecule has 18 heavy (non-hydrogen) atoms. The zero-order chi connectivity index (χ0) is 13.1. The van der Waals surface area contributed by atoms with Crippen molar-refractivity contribution in [2.45, 2.75) is 38.6 Å². The van der Waals surface area contributed by atoms with Crippen molar-refractivity contribution < 1.29 is 9.59 Å². The number of carbonyl (C=O) groups is 2. The van der Waals surface area contributed by atoms with Gasteiger partial charge in [0.25, 0.3) is 0 Å². The fraction of sp³-hybridized carbons (Fsp3) is 0.846. The van der Waals surface area contributed by atoms with Crippen molar-refractivity contribution in [3.63, 3.8) is 0 Å². The van der Waals surface area contributed by atoms with E-state index in [0.717, 1.165) is 38.8 Å². The van der Waals surface area contributed by atoms with E-state index in [-0.39, 0.29) is 24.4 Å². The van der Waals surface area contributed by atoms with Crippen LogP contribution in [-0.2, 0) is 9.59 Å². The van der Waals surface area contributed by atoms with Crippen LogP contribution in [0.2, 0.25) is 0 Å². The summed E-state index contributed by atoms with van der Waals surface area (Å²) in [5.74, 6) is 0.0475. The molecule has 0 spiro atoms. The Morgan fingerprint density at radius 3 is 2.44 bits per heavy atom. The van der Waals surface area contributed by atoms with Gasteiger partial charge < -0.3 is 16.0 Å². The highest BCUT2D eigenvalue weighted by Gasteiger charge is 2.36. The van der Waals surface area contributed by atoms with Crippen LogP contribution >= 0.6 is 0 Å². The number of nitrogens with zero attached hydrogens (tertiary/aromatic N) is 1. The highest BCUT2D eigenvalue weighted by atomic mass is 16.2. The van der Waals surface area contributed by atoms with Crippen LogP contribution in [0.3, 0.4) is 0 Å². The highest BCUT2D eigenvalue weighted by Crippen LogP contribution is 2.27. The van der Waals surface area contributed by atoms with Crippen molar-refractivity contribution in [3.05, 3.63) is 0 Å². The molecule has 0 unspecified atom stereocenters. The minimum Gasteiger partial charge on any atom is -0.368 e. The summed E-state index contributed by atoms with van der Waals surface area (Å²) >= 11 is 0. The van der Waals surface area contributed by atoms with Crippen LogP contribution in [0.15, 0.2) is 0 Å². The van der Waals surface area contributed by atoms with Gasteiger partial charge in [-0.25, -0.2) is 0 Å². The Hall–Kier alpha value is -1.10. The summed E-state index contributed by atoms with van der Waals surface area (Å²) < 4.78 is 0. The molecule has 1 saturated carbocycles. The monoisotopic (exact) mass is 253 g/mol. The highest BCUT2D eigenvalue weighted by molar-refractivity contribution is 5.86. The molecule has 5 heteroatoms. The third kappa shape index (κ3) is 2.83. The van der Waals surface area contributed by atoms with Gasteiger partial charge in [-0.15, -0.1) is 0 Å². The fourth-order valence-corrected chi connectivity index (χ4v) is 3.12. The predicted molar refractivity (Wildman–Crippen MR) is 68.7 cm³/mol. The lowest BCUT2D eigenvalue weighted by molar-refractivity contribution is -0.141. The quantitative estimate of drug-likeness (QED) is 0.746. The molecule has 0 bridgehead atoms. The minimum atomic E-state index is -0.408. The van der Waals surface area contributed by atoms with Crippen molar-refractivity contribution in [3.8, 4) is 0 Å². The van der Waals surface area contributed by atoms with Crippen LogP contribution in [0.4, 0.5) is 0 Å². The van der Waals surface area contributed by atoms with E-state index < -0.39 is 5.91 Å². The average Bonchev–Trinajstić information content (AvgIpc) is 2.95. The molecule has 2 fully saturated rings. The molecule has 1 aliphatic heterocycles. The van der Waals surface area contributed by atoms with E-state index in [2.05, 4.69) is 12.2 Å². The largest absolute Gasteiger partial charge is 0.368 e. The Morgan fingerprint density at radius 2 is 1.94 bits per heavy atom.